The van der Waals surface area contributed by atoms with E-state index in [-0.39, 0.29) is 11.6 Å². The molecule has 214 valence electrons. The summed E-state index contributed by atoms with van der Waals surface area (Å²) in [6.07, 6.45) is 8.70. The Labute approximate surface area is 250 Å². The molecule has 0 fully saturated rings. The van der Waals surface area contributed by atoms with Crippen LogP contribution in [0.4, 0.5) is 0 Å². The van der Waals surface area contributed by atoms with Gasteiger partial charge >= 0.3 is 0 Å². The van der Waals surface area contributed by atoms with Gasteiger partial charge in [0.05, 0.1) is 36.5 Å². The van der Waals surface area contributed by atoms with Gasteiger partial charge in [-0.15, -0.1) is 0 Å². The summed E-state index contributed by atoms with van der Waals surface area (Å²) in [4.78, 5) is 0. The highest BCUT2D eigenvalue weighted by Gasteiger charge is 2.45. The SMILES string of the molecule is CCC1(CC)C(COC(C)C=C(C)OC)=Cc2c(C)cc(C)cc2-c2c3c4ccccc4c4ccccc4c3cc[n+]21. The fourth-order valence-corrected chi connectivity index (χ4v) is 7.28. The zero-order valence-electron chi connectivity index (χ0n) is 26.0. The van der Waals surface area contributed by atoms with Crippen LogP contribution in [-0.2, 0) is 15.0 Å². The lowest BCUT2D eigenvalue weighted by Gasteiger charge is -2.30. The van der Waals surface area contributed by atoms with Crippen molar-refractivity contribution in [2.75, 3.05) is 13.7 Å². The molecule has 0 amide bonds. The largest absolute Gasteiger partial charge is 0.502 e. The Morgan fingerprint density at radius 1 is 0.881 bits per heavy atom. The van der Waals surface area contributed by atoms with Gasteiger partial charge in [0.1, 0.15) is 0 Å². The average molecular weight is 557 g/mol. The van der Waals surface area contributed by atoms with E-state index in [1.54, 1.807) is 7.11 Å². The minimum absolute atomic E-state index is 0.0597. The third-order valence-electron chi connectivity index (χ3n) is 9.47. The quantitative estimate of drug-likeness (QED) is 0.113. The van der Waals surface area contributed by atoms with Gasteiger partial charge in [0.25, 0.3) is 0 Å². The van der Waals surface area contributed by atoms with Crippen LogP contribution in [0, 0.1) is 13.8 Å². The molecule has 6 rings (SSSR count). The summed E-state index contributed by atoms with van der Waals surface area (Å²) in [5, 5.41) is 7.83. The highest BCUT2D eigenvalue weighted by atomic mass is 16.5. The Bertz CT molecular complexity index is 1860. The molecule has 0 aliphatic carbocycles. The number of ether oxygens (including phenoxy) is 2. The number of allylic oxidation sites excluding steroid dienone is 1. The second-order valence-electron chi connectivity index (χ2n) is 11.9. The van der Waals surface area contributed by atoms with Gasteiger partial charge in [0.2, 0.25) is 5.69 Å². The van der Waals surface area contributed by atoms with Crippen molar-refractivity contribution >= 4 is 38.4 Å². The maximum absolute atomic E-state index is 6.54. The lowest BCUT2D eigenvalue weighted by Crippen LogP contribution is -2.58. The predicted molar refractivity (Wildman–Crippen MR) is 177 cm³/mol. The molecule has 1 aliphatic heterocycles. The minimum atomic E-state index is -0.241. The van der Waals surface area contributed by atoms with Gasteiger partial charge in [-0.05, 0) is 84.1 Å². The normalized spacial score (nSPS) is 15.3. The molecule has 0 radical (unpaired) electrons. The van der Waals surface area contributed by atoms with E-state index >= 15 is 0 Å². The molecule has 5 aromatic rings. The number of aryl methyl sites for hydroxylation is 2. The first-order chi connectivity index (χ1) is 20.3. The van der Waals surface area contributed by atoms with Crippen LogP contribution in [0.1, 0.15) is 57.2 Å². The zero-order valence-corrected chi connectivity index (χ0v) is 26.0. The molecule has 1 aromatic heterocycles. The molecule has 3 heteroatoms. The third kappa shape index (κ3) is 4.42. The van der Waals surface area contributed by atoms with Gasteiger partial charge in [0, 0.05) is 29.9 Å². The number of hydrogen-bond acceptors (Lipinski definition) is 2. The Hall–Kier alpha value is -3.95. The van der Waals surface area contributed by atoms with Crippen molar-refractivity contribution in [3.63, 3.8) is 0 Å². The fourth-order valence-electron chi connectivity index (χ4n) is 7.28. The van der Waals surface area contributed by atoms with Crippen LogP contribution in [0.2, 0.25) is 0 Å². The van der Waals surface area contributed by atoms with Crippen LogP contribution >= 0.6 is 0 Å². The van der Waals surface area contributed by atoms with Gasteiger partial charge in [-0.1, -0.05) is 68.4 Å². The topological polar surface area (TPSA) is 22.3 Å². The van der Waals surface area contributed by atoms with Crippen molar-refractivity contribution < 1.29 is 14.0 Å². The first-order valence-electron chi connectivity index (χ1n) is 15.3. The van der Waals surface area contributed by atoms with E-state index in [2.05, 4.69) is 118 Å². The molecular weight excluding hydrogens is 514 g/mol. The molecule has 2 heterocycles. The molecule has 0 bridgehead atoms. The van der Waals surface area contributed by atoms with Gasteiger partial charge in [-0.2, -0.15) is 4.57 Å². The fraction of sp³-hybridized carbons (Fsp3) is 0.308. The minimum Gasteiger partial charge on any atom is -0.502 e. The molecule has 1 unspecified atom stereocenters. The van der Waals surface area contributed by atoms with E-state index in [1.165, 1.54) is 65.8 Å². The maximum Gasteiger partial charge on any atom is 0.222 e. The van der Waals surface area contributed by atoms with E-state index in [4.69, 9.17) is 9.47 Å². The summed E-state index contributed by atoms with van der Waals surface area (Å²) >= 11 is 0. The summed E-state index contributed by atoms with van der Waals surface area (Å²) in [5.74, 6) is 0.872. The molecular formula is C39H42NO2+. The van der Waals surface area contributed by atoms with E-state index in [0.717, 1.165) is 18.6 Å². The predicted octanol–water partition coefficient (Wildman–Crippen LogP) is 9.59. The highest BCUT2D eigenvalue weighted by Crippen LogP contribution is 2.45. The lowest BCUT2D eigenvalue weighted by atomic mass is 9.83. The molecule has 4 aromatic carbocycles. The monoisotopic (exact) mass is 556 g/mol. The van der Waals surface area contributed by atoms with Crippen LogP contribution < -0.4 is 4.57 Å². The van der Waals surface area contributed by atoms with Gasteiger partial charge in [-0.25, -0.2) is 0 Å². The number of methoxy groups -OCH3 is 1. The number of nitrogens with zero attached hydrogens (tertiary/aromatic N) is 1. The van der Waals surface area contributed by atoms with E-state index < -0.39 is 0 Å². The summed E-state index contributed by atoms with van der Waals surface area (Å²) in [5.41, 5.74) is 7.53. The smallest absolute Gasteiger partial charge is 0.222 e. The Kier molecular flexibility index (Phi) is 7.41. The Morgan fingerprint density at radius 3 is 2.10 bits per heavy atom. The van der Waals surface area contributed by atoms with Crippen LogP contribution in [0.25, 0.3) is 49.7 Å². The lowest BCUT2D eigenvalue weighted by molar-refractivity contribution is -0.745. The summed E-state index contributed by atoms with van der Waals surface area (Å²) in [6.45, 7) is 13.7. The molecule has 1 aliphatic rings. The highest BCUT2D eigenvalue weighted by molar-refractivity contribution is 6.27. The van der Waals surface area contributed by atoms with Crippen LogP contribution in [0.5, 0.6) is 0 Å². The van der Waals surface area contributed by atoms with Gasteiger partial charge in [-0.3, -0.25) is 0 Å². The molecule has 0 saturated carbocycles. The maximum atomic E-state index is 6.54. The first-order valence-corrected chi connectivity index (χ1v) is 15.3. The number of aromatic nitrogens is 1. The van der Waals surface area contributed by atoms with Gasteiger partial charge in [0.15, 0.2) is 11.7 Å². The number of rotatable bonds is 7. The van der Waals surface area contributed by atoms with Crippen molar-refractivity contribution in [1.29, 1.82) is 0 Å². The average Bonchev–Trinajstić information content (AvgIpc) is 3.12. The second kappa shape index (κ2) is 11.0. The van der Waals surface area contributed by atoms with E-state index in [1.807, 2.05) is 13.0 Å². The van der Waals surface area contributed by atoms with Crippen molar-refractivity contribution in [3.05, 3.63) is 107 Å². The van der Waals surface area contributed by atoms with Crippen molar-refractivity contribution in [1.82, 2.24) is 0 Å². The Balaban J connectivity index is 1.73. The molecule has 0 saturated heterocycles. The molecule has 1 atom stereocenters. The second-order valence-corrected chi connectivity index (χ2v) is 11.9. The molecule has 3 nitrogen and oxygen atoms in total. The molecule has 0 spiro atoms. The first kappa shape index (κ1) is 28.2. The van der Waals surface area contributed by atoms with Crippen molar-refractivity contribution in [2.45, 2.75) is 66.0 Å². The third-order valence-corrected chi connectivity index (χ3v) is 9.47. The number of benzene rings is 4. The Morgan fingerprint density at radius 2 is 1.48 bits per heavy atom. The van der Waals surface area contributed by atoms with E-state index in [0.29, 0.717) is 6.61 Å². The summed E-state index contributed by atoms with van der Waals surface area (Å²) in [6, 6.07) is 24.9. The van der Waals surface area contributed by atoms with Gasteiger partial charge < -0.3 is 9.47 Å². The summed E-state index contributed by atoms with van der Waals surface area (Å²) < 4.78 is 14.5. The van der Waals surface area contributed by atoms with Crippen LogP contribution in [-0.4, -0.2) is 19.8 Å². The van der Waals surface area contributed by atoms with E-state index in [9.17, 15) is 0 Å². The zero-order chi connectivity index (χ0) is 29.6. The number of fused-ring (bicyclic) bond motifs is 10. The summed E-state index contributed by atoms with van der Waals surface area (Å²) in [7, 11) is 1.71. The van der Waals surface area contributed by atoms with Crippen molar-refractivity contribution in [3.8, 4) is 11.3 Å². The van der Waals surface area contributed by atoms with Crippen LogP contribution in [0.15, 0.2) is 90.3 Å². The molecule has 42 heavy (non-hydrogen) atoms. The van der Waals surface area contributed by atoms with Crippen LogP contribution in [0.3, 0.4) is 0 Å². The standard InChI is InChI=1S/C39H42NO2/c1-8-39(9-2)29(24-42-28(6)22-27(5)41-7)23-35-26(4)20-25(3)21-36(35)38-37-33-17-13-12-15-31(33)30-14-10-11-16-32(30)34(37)18-19-40(38)39/h10-23,28H,8-9,24H2,1-7H3/q+1. The number of pyridine rings is 1. The van der Waals surface area contributed by atoms with Crippen molar-refractivity contribution in [2.24, 2.45) is 0 Å². The molecule has 0 N–H and O–H groups in total. The number of hydrogen-bond donors (Lipinski definition) is 0.